The van der Waals surface area contributed by atoms with Crippen molar-refractivity contribution in [2.75, 3.05) is 0 Å². The summed E-state index contributed by atoms with van der Waals surface area (Å²) in [4.78, 5) is 22.1. The maximum Gasteiger partial charge on any atom is 0.376 e. The molecule has 1 unspecified atom stereocenters. The summed E-state index contributed by atoms with van der Waals surface area (Å²) in [6, 6.07) is 0. The summed E-state index contributed by atoms with van der Waals surface area (Å²) < 4.78 is 4.47. The molecule has 0 aliphatic rings. The van der Waals surface area contributed by atoms with Crippen LogP contribution in [0.25, 0.3) is 0 Å². The van der Waals surface area contributed by atoms with Crippen LogP contribution in [0.2, 0.25) is 0 Å². The zero-order chi connectivity index (χ0) is 14.9. The summed E-state index contributed by atoms with van der Waals surface area (Å²) in [6.45, 7) is 6.61. The highest BCUT2D eigenvalue weighted by Gasteiger charge is 2.35. The first-order valence-corrected chi connectivity index (χ1v) is 6.68. The Hall–Kier alpha value is -1.36. The van der Waals surface area contributed by atoms with Crippen molar-refractivity contribution in [1.29, 1.82) is 0 Å². The fourth-order valence-electron chi connectivity index (χ4n) is 1.52. The van der Waals surface area contributed by atoms with Gasteiger partial charge in [-0.1, -0.05) is 45.6 Å². The van der Waals surface area contributed by atoms with Crippen molar-refractivity contribution in [3.05, 3.63) is 12.2 Å². The molecule has 5 heteroatoms. The van der Waals surface area contributed by atoms with Crippen molar-refractivity contribution in [2.24, 2.45) is 0 Å². The van der Waals surface area contributed by atoms with Gasteiger partial charge in [-0.05, 0) is 12.8 Å². The number of unbranched alkanes of at least 4 members (excludes halogenated alkanes) is 5. The molecular formula is C14H24O5. The Labute approximate surface area is 114 Å². The lowest BCUT2D eigenvalue weighted by Gasteiger charge is -2.18. The van der Waals surface area contributed by atoms with E-state index in [1.54, 1.807) is 0 Å². The summed E-state index contributed by atoms with van der Waals surface area (Å²) in [5.41, 5.74) is 0.192. The maximum absolute atomic E-state index is 11.5. The van der Waals surface area contributed by atoms with E-state index in [1.807, 2.05) is 0 Å². The van der Waals surface area contributed by atoms with Crippen molar-refractivity contribution < 1.29 is 24.5 Å². The molecule has 0 spiro atoms. The van der Waals surface area contributed by atoms with Crippen molar-refractivity contribution in [2.45, 2.75) is 64.6 Å². The van der Waals surface area contributed by atoms with Crippen LogP contribution in [0.4, 0.5) is 0 Å². The second kappa shape index (κ2) is 8.69. The molecule has 0 radical (unpaired) electrons. The minimum Gasteiger partial charge on any atom is -0.476 e. The Morgan fingerprint density at radius 3 is 2.21 bits per heavy atom. The van der Waals surface area contributed by atoms with Gasteiger partial charge in [-0.3, -0.25) is 0 Å². The SMILES string of the molecule is C=C(CCCCCCCC)C(=O)OC(C)(O)C(=O)O. The molecule has 110 valence electrons. The number of carbonyl (C=O) groups is 2. The third-order valence-electron chi connectivity index (χ3n) is 2.81. The van der Waals surface area contributed by atoms with Crippen molar-refractivity contribution in [1.82, 2.24) is 0 Å². The van der Waals surface area contributed by atoms with E-state index in [2.05, 4.69) is 18.2 Å². The largest absolute Gasteiger partial charge is 0.476 e. The Morgan fingerprint density at radius 1 is 1.16 bits per heavy atom. The van der Waals surface area contributed by atoms with Crippen LogP contribution in [0.3, 0.4) is 0 Å². The molecule has 1 atom stereocenters. The topological polar surface area (TPSA) is 83.8 Å². The second-order valence-electron chi connectivity index (χ2n) is 4.80. The van der Waals surface area contributed by atoms with E-state index in [4.69, 9.17) is 5.11 Å². The summed E-state index contributed by atoms with van der Waals surface area (Å²) in [7, 11) is 0. The molecule has 0 saturated heterocycles. The lowest BCUT2D eigenvalue weighted by Crippen LogP contribution is -2.40. The van der Waals surface area contributed by atoms with Crippen molar-refractivity contribution in [3.63, 3.8) is 0 Å². The molecular weight excluding hydrogens is 248 g/mol. The number of hydrogen-bond donors (Lipinski definition) is 2. The lowest BCUT2D eigenvalue weighted by atomic mass is 10.1. The number of rotatable bonds is 10. The minimum atomic E-state index is -2.50. The Balaban J connectivity index is 3.89. The molecule has 2 N–H and O–H groups in total. The van der Waals surface area contributed by atoms with Crippen LogP contribution in [0.15, 0.2) is 12.2 Å². The Morgan fingerprint density at radius 2 is 1.68 bits per heavy atom. The molecule has 0 aromatic carbocycles. The monoisotopic (exact) mass is 272 g/mol. The van der Waals surface area contributed by atoms with Gasteiger partial charge in [0.05, 0.1) is 0 Å². The summed E-state index contributed by atoms with van der Waals surface area (Å²) in [6.07, 6.45) is 6.97. The number of esters is 1. The van der Waals surface area contributed by atoms with Crippen LogP contribution in [0.1, 0.15) is 58.8 Å². The third-order valence-corrected chi connectivity index (χ3v) is 2.81. The highest BCUT2D eigenvalue weighted by molar-refractivity contribution is 5.90. The highest BCUT2D eigenvalue weighted by Crippen LogP contribution is 2.15. The van der Waals surface area contributed by atoms with Gasteiger partial charge in [-0.25, -0.2) is 9.59 Å². The average molecular weight is 272 g/mol. The van der Waals surface area contributed by atoms with E-state index < -0.39 is 17.7 Å². The number of carbonyl (C=O) groups excluding carboxylic acids is 1. The number of ether oxygens (including phenoxy) is 1. The predicted octanol–water partition coefficient (Wildman–Crippen LogP) is 2.63. The minimum absolute atomic E-state index is 0.192. The van der Waals surface area contributed by atoms with E-state index >= 15 is 0 Å². The predicted molar refractivity (Wildman–Crippen MR) is 71.5 cm³/mol. The normalized spacial score (nSPS) is 13.6. The molecule has 0 bridgehead atoms. The molecule has 19 heavy (non-hydrogen) atoms. The molecule has 0 fully saturated rings. The quantitative estimate of drug-likeness (QED) is 0.276. The number of aliphatic carboxylic acids is 1. The van der Waals surface area contributed by atoms with Crippen molar-refractivity contribution in [3.8, 4) is 0 Å². The summed E-state index contributed by atoms with van der Waals surface area (Å²) in [5, 5.41) is 17.9. The van der Waals surface area contributed by atoms with E-state index in [-0.39, 0.29) is 5.57 Å². The van der Waals surface area contributed by atoms with Crippen LogP contribution in [0, 0.1) is 0 Å². The fourth-order valence-corrected chi connectivity index (χ4v) is 1.52. The number of aliphatic hydroxyl groups is 1. The van der Waals surface area contributed by atoms with Gasteiger partial charge >= 0.3 is 17.7 Å². The maximum atomic E-state index is 11.5. The van der Waals surface area contributed by atoms with Crippen LogP contribution in [-0.4, -0.2) is 27.9 Å². The van der Waals surface area contributed by atoms with Crippen molar-refractivity contribution >= 4 is 11.9 Å². The molecule has 0 amide bonds. The van der Waals surface area contributed by atoms with Gasteiger partial charge in [0, 0.05) is 12.5 Å². The molecule has 5 nitrogen and oxygen atoms in total. The molecule has 0 rings (SSSR count). The molecule has 0 aliphatic carbocycles. The van der Waals surface area contributed by atoms with Gasteiger partial charge in [0.1, 0.15) is 0 Å². The molecule has 0 heterocycles. The van der Waals surface area contributed by atoms with E-state index in [0.29, 0.717) is 6.42 Å². The van der Waals surface area contributed by atoms with E-state index in [9.17, 15) is 14.7 Å². The zero-order valence-electron chi connectivity index (χ0n) is 11.8. The number of carboxylic acids is 1. The standard InChI is InChI=1S/C14H24O5/c1-4-5-6-7-8-9-10-11(2)12(15)19-14(3,18)13(16)17/h18H,2,4-10H2,1,3H3,(H,16,17). The fraction of sp³-hybridized carbons (Fsp3) is 0.714. The third kappa shape index (κ3) is 7.62. The van der Waals surface area contributed by atoms with Gasteiger partial charge in [0.25, 0.3) is 0 Å². The lowest BCUT2D eigenvalue weighted by molar-refractivity contribution is -0.215. The second-order valence-corrected chi connectivity index (χ2v) is 4.80. The molecule has 0 aromatic heterocycles. The first kappa shape index (κ1) is 17.6. The zero-order valence-corrected chi connectivity index (χ0v) is 11.8. The summed E-state index contributed by atoms with van der Waals surface area (Å²) in [5.74, 6) is -4.96. The van der Waals surface area contributed by atoms with E-state index in [1.165, 1.54) is 19.3 Å². The van der Waals surface area contributed by atoms with Gasteiger partial charge in [0.15, 0.2) is 0 Å². The van der Waals surface area contributed by atoms with Gasteiger partial charge in [-0.2, -0.15) is 0 Å². The number of carboxylic acid groups (broad SMARTS) is 1. The number of hydrogen-bond acceptors (Lipinski definition) is 4. The first-order chi connectivity index (χ1) is 8.81. The molecule has 0 aliphatic heterocycles. The first-order valence-electron chi connectivity index (χ1n) is 6.68. The smallest absolute Gasteiger partial charge is 0.376 e. The highest BCUT2D eigenvalue weighted by atomic mass is 16.7. The Kier molecular flexibility index (Phi) is 8.07. The average Bonchev–Trinajstić information content (AvgIpc) is 2.32. The van der Waals surface area contributed by atoms with Crippen LogP contribution >= 0.6 is 0 Å². The molecule has 0 saturated carbocycles. The van der Waals surface area contributed by atoms with Crippen LogP contribution < -0.4 is 0 Å². The van der Waals surface area contributed by atoms with Crippen LogP contribution in [0.5, 0.6) is 0 Å². The van der Waals surface area contributed by atoms with Gasteiger partial charge in [-0.15, -0.1) is 0 Å². The van der Waals surface area contributed by atoms with Crippen LogP contribution in [-0.2, 0) is 14.3 Å². The van der Waals surface area contributed by atoms with Gasteiger partial charge in [0.2, 0.25) is 0 Å². The molecule has 0 aromatic rings. The summed E-state index contributed by atoms with van der Waals surface area (Å²) >= 11 is 0. The van der Waals surface area contributed by atoms with E-state index in [0.717, 1.165) is 26.2 Å². The van der Waals surface area contributed by atoms with Gasteiger partial charge < -0.3 is 14.9 Å². The Bertz CT molecular complexity index is 320.